The third-order valence-electron chi connectivity index (χ3n) is 4.14. The van der Waals surface area contributed by atoms with Crippen LogP contribution in [0.4, 0.5) is 0 Å². The van der Waals surface area contributed by atoms with Gasteiger partial charge in [-0.05, 0) is 37.3 Å². The second-order valence-corrected chi connectivity index (χ2v) is 7.87. The molecule has 0 saturated carbocycles. The number of benzene rings is 2. The number of rotatable bonds is 6. The van der Waals surface area contributed by atoms with E-state index in [9.17, 15) is 13.2 Å². The fraction of sp³-hybridized carbons (Fsp3) is 0.158. The topological polar surface area (TPSA) is 121 Å². The van der Waals surface area contributed by atoms with Gasteiger partial charge < -0.3 is 5.73 Å². The van der Waals surface area contributed by atoms with Crippen molar-refractivity contribution in [1.82, 2.24) is 9.78 Å². The van der Waals surface area contributed by atoms with Crippen LogP contribution in [0.1, 0.15) is 17.7 Å². The van der Waals surface area contributed by atoms with Crippen LogP contribution in [-0.4, -0.2) is 24.1 Å². The van der Waals surface area contributed by atoms with Crippen molar-refractivity contribution in [1.29, 1.82) is 0 Å². The largest absolute Gasteiger partial charge is 0.370 e. The quantitative estimate of drug-likeness (QED) is 0.674. The predicted molar refractivity (Wildman–Crippen MR) is 103 cm³/mol. The van der Waals surface area contributed by atoms with Gasteiger partial charge in [-0.1, -0.05) is 29.8 Å². The van der Waals surface area contributed by atoms with Crippen molar-refractivity contribution in [2.45, 2.75) is 24.7 Å². The molecule has 2 aromatic carbocycles. The Labute approximate surface area is 157 Å². The van der Waals surface area contributed by atoms with Gasteiger partial charge in [0.05, 0.1) is 22.0 Å². The summed E-state index contributed by atoms with van der Waals surface area (Å²) in [6.07, 6.45) is 0.630. The normalized spacial score (nSPS) is 11.5. The molecule has 27 heavy (non-hydrogen) atoms. The summed E-state index contributed by atoms with van der Waals surface area (Å²) in [5.41, 5.74) is 9.56. The molecule has 7 nitrogen and oxygen atoms in total. The second-order valence-electron chi connectivity index (χ2n) is 6.30. The van der Waals surface area contributed by atoms with E-state index >= 15 is 0 Å². The number of nitrogens with zero attached hydrogens (tertiary/aromatic N) is 2. The van der Waals surface area contributed by atoms with Gasteiger partial charge in [0.2, 0.25) is 15.9 Å². The molecule has 8 heteroatoms. The van der Waals surface area contributed by atoms with E-state index < -0.39 is 10.0 Å². The summed E-state index contributed by atoms with van der Waals surface area (Å²) >= 11 is 0. The third kappa shape index (κ3) is 4.42. The minimum Gasteiger partial charge on any atom is -0.370 e. The Morgan fingerprint density at radius 2 is 1.70 bits per heavy atom. The summed E-state index contributed by atoms with van der Waals surface area (Å²) in [5, 5.41) is 9.73. The number of primary sulfonamides is 1. The molecule has 0 atom stereocenters. The first-order valence-electron chi connectivity index (χ1n) is 8.31. The molecule has 0 spiro atoms. The SMILES string of the molecule is Cc1ccc(-c2cc(CCC(N)=O)nn2-c2ccc(S(N)(=O)=O)cc2)cc1. The van der Waals surface area contributed by atoms with E-state index in [1.807, 2.05) is 37.3 Å². The molecule has 0 aliphatic rings. The van der Waals surface area contributed by atoms with E-state index in [2.05, 4.69) is 5.10 Å². The average molecular weight is 384 g/mol. The number of hydrogen-bond donors (Lipinski definition) is 2. The zero-order valence-corrected chi connectivity index (χ0v) is 15.6. The van der Waals surface area contributed by atoms with Crippen LogP contribution < -0.4 is 10.9 Å². The Hall–Kier alpha value is -2.97. The Balaban J connectivity index is 2.06. The highest BCUT2D eigenvalue weighted by atomic mass is 32.2. The number of aromatic nitrogens is 2. The summed E-state index contributed by atoms with van der Waals surface area (Å²) in [4.78, 5) is 11.1. The number of aryl methyl sites for hydroxylation is 2. The van der Waals surface area contributed by atoms with Crippen LogP contribution in [0.25, 0.3) is 16.9 Å². The van der Waals surface area contributed by atoms with E-state index in [1.165, 1.54) is 12.1 Å². The van der Waals surface area contributed by atoms with Crippen molar-refractivity contribution in [2.75, 3.05) is 0 Å². The smallest absolute Gasteiger partial charge is 0.238 e. The van der Waals surface area contributed by atoms with E-state index in [0.717, 1.165) is 22.5 Å². The monoisotopic (exact) mass is 384 g/mol. The van der Waals surface area contributed by atoms with Gasteiger partial charge in [0.15, 0.2) is 0 Å². The van der Waals surface area contributed by atoms with Gasteiger partial charge in [-0.3, -0.25) is 4.79 Å². The molecular weight excluding hydrogens is 364 g/mol. The molecule has 1 heterocycles. The summed E-state index contributed by atoms with van der Waals surface area (Å²) < 4.78 is 24.6. The van der Waals surface area contributed by atoms with E-state index in [0.29, 0.717) is 12.1 Å². The number of nitrogens with two attached hydrogens (primary N) is 2. The van der Waals surface area contributed by atoms with Crippen LogP contribution in [-0.2, 0) is 21.2 Å². The molecule has 1 amide bonds. The van der Waals surface area contributed by atoms with Crippen LogP contribution in [0.2, 0.25) is 0 Å². The van der Waals surface area contributed by atoms with Crippen LogP contribution in [0.5, 0.6) is 0 Å². The zero-order chi connectivity index (χ0) is 19.6. The van der Waals surface area contributed by atoms with E-state index in [-0.39, 0.29) is 17.2 Å². The van der Waals surface area contributed by atoms with Crippen LogP contribution >= 0.6 is 0 Å². The maximum absolute atomic E-state index is 11.5. The molecule has 0 saturated heterocycles. The second kappa shape index (κ2) is 7.34. The lowest BCUT2D eigenvalue weighted by Gasteiger charge is -2.08. The van der Waals surface area contributed by atoms with Gasteiger partial charge in [-0.15, -0.1) is 0 Å². The predicted octanol–water partition coefficient (Wildman–Crippen LogP) is 1.91. The van der Waals surface area contributed by atoms with Gasteiger partial charge in [0.25, 0.3) is 0 Å². The van der Waals surface area contributed by atoms with Crippen molar-refractivity contribution in [3.8, 4) is 16.9 Å². The number of sulfonamides is 1. The molecule has 1 aromatic heterocycles. The molecule has 0 fully saturated rings. The number of primary amides is 1. The Morgan fingerprint density at radius 3 is 2.26 bits per heavy atom. The van der Waals surface area contributed by atoms with Crippen LogP contribution in [0.15, 0.2) is 59.5 Å². The van der Waals surface area contributed by atoms with Crippen molar-refractivity contribution < 1.29 is 13.2 Å². The maximum Gasteiger partial charge on any atom is 0.238 e. The summed E-state index contributed by atoms with van der Waals surface area (Å²) in [5.74, 6) is -0.390. The molecule has 0 aliphatic carbocycles. The molecule has 0 radical (unpaired) electrons. The minimum absolute atomic E-state index is 0.0317. The van der Waals surface area contributed by atoms with Gasteiger partial charge >= 0.3 is 0 Å². The highest BCUT2D eigenvalue weighted by Gasteiger charge is 2.14. The Bertz CT molecular complexity index is 1070. The zero-order valence-electron chi connectivity index (χ0n) is 14.8. The number of carbonyl (C=O) groups is 1. The number of carbonyl (C=O) groups excluding carboxylic acids is 1. The average Bonchev–Trinajstić information content (AvgIpc) is 3.04. The van der Waals surface area contributed by atoms with Crippen LogP contribution in [0, 0.1) is 6.92 Å². The molecule has 0 unspecified atom stereocenters. The molecule has 0 bridgehead atoms. The fourth-order valence-corrected chi connectivity index (χ4v) is 3.22. The molecule has 3 rings (SSSR count). The summed E-state index contributed by atoms with van der Waals surface area (Å²) in [6.45, 7) is 2.01. The first-order valence-corrected chi connectivity index (χ1v) is 9.86. The number of amides is 1. The third-order valence-corrected chi connectivity index (χ3v) is 5.07. The molecular formula is C19H20N4O3S. The molecule has 140 valence electrons. The lowest BCUT2D eigenvalue weighted by Crippen LogP contribution is -2.12. The van der Waals surface area contributed by atoms with Crippen LogP contribution in [0.3, 0.4) is 0 Å². The lowest BCUT2D eigenvalue weighted by atomic mass is 10.1. The maximum atomic E-state index is 11.5. The minimum atomic E-state index is -3.76. The highest BCUT2D eigenvalue weighted by molar-refractivity contribution is 7.89. The lowest BCUT2D eigenvalue weighted by molar-refractivity contribution is -0.118. The Morgan fingerprint density at radius 1 is 1.07 bits per heavy atom. The van der Waals surface area contributed by atoms with Gasteiger partial charge in [0, 0.05) is 18.4 Å². The summed E-state index contributed by atoms with van der Waals surface area (Å²) in [7, 11) is -3.76. The highest BCUT2D eigenvalue weighted by Crippen LogP contribution is 2.25. The van der Waals surface area contributed by atoms with Crippen molar-refractivity contribution >= 4 is 15.9 Å². The van der Waals surface area contributed by atoms with E-state index in [1.54, 1.807) is 16.8 Å². The van der Waals surface area contributed by atoms with Crippen molar-refractivity contribution in [3.63, 3.8) is 0 Å². The summed E-state index contributed by atoms with van der Waals surface area (Å²) in [6, 6.07) is 16.0. The van der Waals surface area contributed by atoms with Gasteiger partial charge in [-0.2, -0.15) is 5.10 Å². The Kier molecular flexibility index (Phi) is 5.11. The first kappa shape index (κ1) is 18.8. The first-order chi connectivity index (χ1) is 12.7. The fourth-order valence-electron chi connectivity index (χ4n) is 2.71. The molecule has 4 N–H and O–H groups in total. The van der Waals surface area contributed by atoms with E-state index in [4.69, 9.17) is 10.9 Å². The van der Waals surface area contributed by atoms with Crippen molar-refractivity contribution in [2.24, 2.45) is 10.9 Å². The van der Waals surface area contributed by atoms with Crippen molar-refractivity contribution in [3.05, 3.63) is 65.9 Å². The standard InChI is InChI=1S/C19H20N4O3S/c1-13-2-4-14(5-3-13)18-12-15(6-11-19(20)24)22-23(18)16-7-9-17(10-8-16)27(21,25)26/h2-5,7-10,12H,6,11H2,1H3,(H2,20,24)(H2,21,25,26). The van der Waals surface area contributed by atoms with Gasteiger partial charge in [0.1, 0.15) is 0 Å². The van der Waals surface area contributed by atoms with Gasteiger partial charge in [-0.25, -0.2) is 18.2 Å². The molecule has 3 aromatic rings. The number of hydrogen-bond acceptors (Lipinski definition) is 4. The molecule has 0 aliphatic heterocycles.